The summed E-state index contributed by atoms with van der Waals surface area (Å²) < 4.78 is 4.31. The van der Waals surface area contributed by atoms with Gasteiger partial charge >= 0.3 is 5.97 Å². The van der Waals surface area contributed by atoms with Crippen molar-refractivity contribution in [2.45, 2.75) is 0 Å². The second-order valence-corrected chi connectivity index (χ2v) is 1.81. The van der Waals surface area contributed by atoms with Crippen molar-refractivity contribution in [2.75, 3.05) is 13.4 Å². The molecule has 0 spiro atoms. The number of carbonyl (C=O) groups excluding carboxylic acids is 1. The van der Waals surface area contributed by atoms with Crippen LogP contribution >= 0.6 is 11.8 Å². The minimum atomic E-state index is -0.306. The fourth-order valence-corrected chi connectivity index (χ4v) is 0.439. The van der Waals surface area contributed by atoms with Crippen LogP contribution in [-0.2, 0) is 9.53 Å². The molecule has 0 fully saturated rings. The molecule has 8 heavy (non-hydrogen) atoms. The van der Waals surface area contributed by atoms with E-state index in [1.165, 1.54) is 24.9 Å². The van der Waals surface area contributed by atoms with Gasteiger partial charge in [-0.1, -0.05) is 0 Å². The molecule has 0 bridgehead atoms. The van der Waals surface area contributed by atoms with Gasteiger partial charge in [0.25, 0.3) is 0 Å². The molecule has 0 aliphatic rings. The summed E-state index contributed by atoms with van der Waals surface area (Å²) in [6.07, 6.45) is 3.25. The van der Waals surface area contributed by atoms with Crippen LogP contribution in [-0.4, -0.2) is 19.3 Å². The Bertz CT molecular complexity index is 98.6. The summed E-state index contributed by atoms with van der Waals surface area (Å²) in [7, 11) is 1.35. The summed E-state index contributed by atoms with van der Waals surface area (Å²) in [6, 6.07) is 0. The Kier molecular flexibility index (Phi) is 4.45. The first-order valence-electron chi connectivity index (χ1n) is 2.08. The van der Waals surface area contributed by atoms with Crippen LogP contribution in [0.3, 0.4) is 0 Å². The zero-order chi connectivity index (χ0) is 6.41. The second-order valence-electron chi connectivity index (χ2n) is 1.06. The van der Waals surface area contributed by atoms with Gasteiger partial charge in [-0.3, -0.25) is 0 Å². The highest BCUT2D eigenvalue weighted by Gasteiger charge is 1.86. The van der Waals surface area contributed by atoms with Gasteiger partial charge in [0.05, 0.1) is 7.11 Å². The first kappa shape index (κ1) is 7.56. The van der Waals surface area contributed by atoms with Crippen LogP contribution in [0.15, 0.2) is 11.5 Å². The first-order valence-corrected chi connectivity index (χ1v) is 3.37. The number of carbonyl (C=O) groups is 1. The highest BCUT2D eigenvalue weighted by atomic mass is 32.2. The summed E-state index contributed by atoms with van der Waals surface area (Å²) in [5.74, 6) is -0.306. The van der Waals surface area contributed by atoms with Crippen molar-refractivity contribution >= 4 is 17.7 Å². The molecular formula is C5H8O2S. The van der Waals surface area contributed by atoms with Crippen molar-refractivity contribution in [3.8, 4) is 0 Å². The van der Waals surface area contributed by atoms with Crippen LogP contribution in [0.1, 0.15) is 0 Å². The molecule has 0 N–H and O–H groups in total. The largest absolute Gasteiger partial charge is 0.466 e. The van der Waals surface area contributed by atoms with E-state index in [0.29, 0.717) is 0 Å². The Morgan fingerprint density at radius 1 is 1.75 bits per heavy atom. The molecule has 0 aromatic heterocycles. The van der Waals surface area contributed by atoms with Gasteiger partial charge in [0, 0.05) is 6.08 Å². The maximum Gasteiger partial charge on any atom is 0.330 e. The third-order valence-electron chi connectivity index (χ3n) is 0.541. The molecule has 0 aromatic rings. The number of thioether (sulfide) groups is 1. The lowest BCUT2D eigenvalue weighted by molar-refractivity contribution is -0.134. The van der Waals surface area contributed by atoms with Crippen molar-refractivity contribution in [3.63, 3.8) is 0 Å². The fourth-order valence-electron chi connectivity index (χ4n) is 0.192. The number of hydrogen-bond donors (Lipinski definition) is 0. The lowest BCUT2D eigenvalue weighted by Crippen LogP contribution is -1.92. The molecule has 0 aromatic carbocycles. The molecule has 0 aliphatic carbocycles. The van der Waals surface area contributed by atoms with Crippen molar-refractivity contribution in [3.05, 3.63) is 11.5 Å². The van der Waals surface area contributed by atoms with Crippen LogP contribution in [0.2, 0.25) is 0 Å². The number of hydrogen-bond acceptors (Lipinski definition) is 3. The monoisotopic (exact) mass is 132 g/mol. The smallest absolute Gasteiger partial charge is 0.330 e. The van der Waals surface area contributed by atoms with Gasteiger partial charge in [-0.15, -0.1) is 11.8 Å². The first-order chi connectivity index (χ1) is 3.81. The SMILES string of the molecule is COC(=O)/C=C/SC. The van der Waals surface area contributed by atoms with Crippen molar-refractivity contribution < 1.29 is 9.53 Å². The van der Waals surface area contributed by atoms with E-state index >= 15 is 0 Å². The number of ether oxygens (including phenoxy) is 1. The van der Waals surface area contributed by atoms with E-state index < -0.39 is 0 Å². The van der Waals surface area contributed by atoms with Gasteiger partial charge in [0.15, 0.2) is 0 Å². The maximum absolute atomic E-state index is 10.2. The van der Waals surface area contributed by atoms with E-state index in [0.717, 1.165) is 0 Å². The third kappa shape index (κ3) is 3.74. The van der Waals surface area contributed by atoms with Gasteiger partial charge in [0.2, 0.25) is 0 Å². The number of methoxy groups -OCH3 is 1. The van der Waals surface area contributed by atoms with Gasteiger partial charge in [-0.2, -0.15) is 0 Å². The lowest BCUT2D eigenvalue weighted by atomic mass is 10.7. The van der Waals surface area contributed by atoms with E-state index in [4.69, 9.17) is 0 Å². The highest BCUT2D eigenvalue weighted by molar-refractivity contribution is 8.01. The second kappa shape index (κ2) is 4.71. The van der Waals surface area contributed by atoms with E-state index in [1.807, 2.05) is 6.26 Å². The predicted octanol–water partition coefficient (Wildman–Crippen LogP) is 1.04. The van der Waals surface area contributed by atoms with Crippen LogP contribution in [0.4, 0.5) is 0 Å². The Morgan fingerprint density at radius 2 is 2.38 bits per heavy atom. The van der Waals surface area contributed by atoms with Crippen molar-refractivity contribution in [1.29, 1.82) is 0 Å². The quantitative estimate of drug-likeness (QED) is 0.414. The van der Waals surface area contributed by atoms with Gasteiger partial charge in [-0.25, -0.2) is 4.79 Å². The molecule has 46 valence electrons. The van der Waals surface area contributed by atoms with Crippen LogP contribution in [0.25, 0.3) is 0 Å². The molecule has 0 radical (unpaired) electrons. The molecular weight excluding hydrogens is 124 g/mol. The minimum absolute atomic E-state index is 0.306. The Balaban J connectivity index is 3.37. The average Bonchev–Trinajstić information content (AvgIpc) is 1.83. The minimum Gasteiger partial charge on any atom is -0.466 e. The van der Waals surface area contributed by atoms with Crippen LogP contribution < -0.4 is 0 Å². The van der Waals surface area contributed by atoms with Crippen molar-refractivity contribution in [1.82, 2.24) is 0 Å². The molecule has 0 amide bonds. The summed E-state index contributed by atoms with van der Waals surface area (Å²) >= 11 is 1.46. The highest BCUT2D eigenvalue weighted by Crippen LogP contribution is 1.92. The zero-order valence-electron chi connectivity index (χ0n) is 4.88. The molecule has 0 atom stereocenters. The summed E-state index contributed by atoms with van der Waals surface area (Å²) in [5, 5.41) is 1.67. The summed E-state index contributed by atoms with van der Waals surface area (Å²) in [5.41, 5.74) is 0. The van der Waals surface area contributed by atoms with Gasteiger partial charge in [-0.05, 0) is 11.7 Å². The van der Waals surface area contributed by atoms with E-state index in [1.54, 1.807) is 5.41 Å². The standard InChI is InChI=1S/C5H8O2S/c1-7-5(6)3-4-8-2/h3-4H,1-2H3/b4-3+. The Labute approximate surface area is 52.9 Å². The molecule has 0 heterocycles. The number of rotatable bonds is 2. The zero-order valence-corrected chi connectivity index (χ0v) is 5.70. The fraction of sp³-hybridized carbons (Fsp3) is 0.400. The topological polar surface area (TPSA) is 26.3 Å². The molecule has 0 saturated carbocycles. The van der Waals surface area contributed by atoms with Crippen LogP contribution in [0, 0.1) is 0 Å². The van der Waals surface area contributed by atoms with Crippen LogP contribution in [0.5, 0.6) is 0 Å². The number of esters is 1. The maximum atomic E-state index is 10.2. The summed E-state index contributed by atoms with van der Waals surface area (Å²) in [4.78, 5) is 10.2. The molecule has 3 heteroatoms. The predicted molar refractivity (Wildman–Crippen MR) is 34.7 cm³/mol. The molecule has 0 unspecified atom stereocenters. The third-order valence-corrected chi connectivity index (χ3v) is 0.950. The lowest BCUT2D eigenvalue weighted by Gasteiger charge is -1.85. The molecule has 2 nitrogen and oxygen atoms in total. The molecule has 0 rings (SSSR count). The van der Waals surface area contributed by atoms with E-state index in [2.05, 4.69) is 4.74 Å². The van der Waals surface area contributed by atoms with E-state index in [-0.39, 0.29) is 5.97 Å². The average molecular weight is 132 g/mol. The van der Waals surface area contributed by atoms with E-state index in [9.17, 15) is 4.79 Å². The van der Waals surface area contributed by atoms with Crippen molar-refractivity contribution in [2.24, 2.45) is 0 Å². The molecule has 0 saturated heterocycles. The Morgan fingerprint density at radius 3 is 2.75 bits per heavy atom. The van der Waals surface area contributed by atoms with Gasteiger partial charge in [0.1, 0.15) is 0 Å². The van der Waals surface area contributed by atoms with Gasteiger partial charge < -0.3 is 4.74 Å². The Hall–Kier alpha value is -0.440. The summed E-state index contributed by atoms with van der Waals surface area (Å²) in [6.45, 7) is 0. The normalized spacial score (nSPS) is 9.75. The molecule has 0 aliphatic heterocycles.